The first-order chi connectivity index (χ1) is 6.29. The molecule has 0 saturated carbocycles. The fourth-order valence-corrected chi connectivity index (χ4v) is 3.01. The van der Waals surface area contributed by atoms with E-state index >= 15 is 0 Å². The van der Waals surface area contributed by atoms with E-state index in [2.05, 4.69) is 17.2 Å². The molecule has 13 heavy (non-hydrogen) atoms. The average molecular weight is 196 g/mol. The molecule has 1 aromatic rings. The van der Waals surface area contributed by atoms with Crippen LogP contribution in [0.4, 0.5) is 5.13 Å². The van der Waals surface area contributed by atoms with Crippen LogP contribution in [0.1, 0.15) is 30.3 Å². The van der Waals surface area contributed by atoms with Crippen molar-refractivity contribution < 1.29 is 0 Å². The van der Waals surface area contributed by atoms with Crippen LogP contribution in [0, 0.1) is 5.92 Å². The highest BCUT2D eigenvalue weighted by Crippen LogP contribution is 2.30. The zero-order valence-electron chi connectivity index (χ0n) is 8.26. The number of fused-ring (bicyclic) bond motifs is 1. The number of hydrogen-bond donors (Lipinski definition) is 1. The number of aryl methyl sites for hydroxylation is 1. The Labute approximate surface area is 83.4 Å². The molecule has 1 N–H and O–H groups in total. The van der Waals surface area contributed by atoms with Gasteiger partial charge in [-0.05, 0) is 31.6 Å². The van der Waals surface area contributed by atoms with Gasteiger partial charge < -0.3 is 5.32 Å². The normalized spacial score (nSPS) is 22.2. The Balaban J connectivity index is 2.26. The molecule has 1 aromatic heterocycles. The standard InChI is InChI=1S/C10H16N2S/c1-7-4-3-5-8-9(6-7)13-10(11-2)12-8/h7H,3-6H2,1-2H3,(H,11,12). The molecule has 1 heterocycles. The van der Waals surface area contributed by atoms with E-state index in [4.69, 9.17) is 0 Å². The summed E-state index contributed by atoms with van der Waals surface area (Å²) in [6.07, 6.45) is 5.07. The predicted molar refractivity (Wildman–Crippen MR) is 57.5 cm³/mol. The van der Waals surface area contributed by atoms with Gasteiger partial charge >= 0.3 is 0 Å². The summed E-state index contributed by atoms with van der Waals surface area (Å²) in [6, 6.07) is 0. The molecular formula is C10H16N2S. The first-order valence-corrected chi connectivity index (χ1v) is 5.77. The summed E-state index contributed by atoms with van der Waals surface area (Å²) in [4.78, 5) is 6.08. The number of nitrogens with one attached hydrogen (secondary N) is 1. The van der Waals surface area contributed by atoms with Gasteiger partial charge in [0.15, 0.2) is 5.13 Å². The van der Waals surface area contributed by atoms with Crippen molar-refractivity contribution in [3.05, 3.63) is 10.6 Å². The van der Waals surface area contributed by atoms with Gasteiger partial charge in [-0.1, -0.05) is 6.92 Å². The van der Waals surface area contributed by atoms with Crippen LogP contribution in [0.2, 0.25) is 0 Å². The number of aromatic nitrogens is 1. The van der Waals surface area contributed by atoms with Crippen molar-refractivity contribution in [1.82, 2.24) is 4.98 Å². The highest BCUT2D eigenvalue weighted by atomic mass is 32.1. The molecule has 1 atom stereocenters. The van der Waals surface area contributed by atoms with Crippen molar-refractivity contribution in [2.75, 3.05) is 12.4 Å². The zero-order chi connectivity index (χ0) is 9.26. The minimum Gasteiger partial charge on any atom is -0.365 e. The van der Waals surface area contributed by atoms with E-state index in [1.54, 1.807) is 0 Å². The van der Waals surface area contributed by atoms with Crippen molar-refractivity contribution in [2.45, 2.75) is 32.6 Å². The van der Waals surface area contributed by atoms with Gasteiger partial charge in [-0.25, -0.2) is 4.98 Å². The number of rotatable bonds is 1. The zero-order valence-corrected chi connectivity index (χ0v) is 9.08. The van der Waals surface area contributed by atoms with Gasteiger partial charge in [-0.2, -0.15) is 0 Å². The molecule has 0 saturated heterocycles. The largest absolute Gasteiger partial charge is 0.365 e. The van der Waals surface area contributed by atoms with Crippen LogP contribution >= 0.6 is 11.3 Å². The van der Waals surface area contributed by atoms with Crippen LogP contribution in [0.25, 0.3) is 0 Å². The maximum absolute atomic E-state index is 4.57. The second-order valence-electron chi connectivity index (χ2n) is 3.84. The molecular weight excluding hydrogens is 180 g/mol. The van der Waals surface area contributed by atoms with Crippen LogP contribution in [0.15, 0.2) is 0 Å². The number of nitrogens with zero attached hydrogens (tertiary/aromatic N) is 1. The number of anilines is 1. The van der Waals surface area contributed by atoms with Gasteiger partial charge in [0, 0.05) is 11.9 Å². The monoisotopic (exact) mass is 196 g/mol. The second kappa shape index (κ2) is 3.66. The highest BCUT2D eigenvalue weighted by Gasteiger charge is 2.17. The smallest absolute Gasteiger partial charge is 0.182 e. The van der Waals surface area contributed by atoms with Gasteiger partial charge in [0.2, 0.25) is 0 Å². The molecule has 2 nitrogen and oxygen atoms in total. The molecule has 3 heteroatoms. The third-order valence-corrected chi connectivity index (χ3v) is 3.77. The summed E-state index contributed by atoms with van der Waals surface area (Å²) in [6.45, 7) is 2.34. The first kappa shape index (κ1) is 9.00. The van der Waals surface area contributed by atoms with Crippen LogP contribution in [0.3, 0.4) is 0 Å². The Morgan fingerprint density at radius 2 is 2.38 bits per heavy atom. The molecule has 0 aliphatic heterocycles. The lowest BCUT2D eigenvalue weighted by Gasteiger charge is -2.04. The molecule has 2 rings (SSSR count). The average Bonchev–Trinajstić information content (AvgIpc) is 2.41. The minimum atomic E-state index is 0.839. The van der Waals surface area contributed by atoms with Crippen LogP contribution in [0.5, 0.6) is 0 Å². The van der Waals surface area contributed by atoms with Gasteiger partial charge in [0.1, 0.15) is 0 Å². The van der Waals surface area contributed by atoms with Gasteiger partial charge in [0.25, 0.3) is 0 Å². The molecule has 0 aromatic carbocycles. The quantitative estimate of drug-likeness (QED) is 0.699. The van der Waals surface area contributed by atoms with Gasteiger partial charge in [-0.3, -0.25) is 0 Å². The summed E-state index contributed by atoms with van der Waals surface area (Å²) in [5, 5.41) is 4.21. The van der Waals surface area contributed by atoms with E-state index < -0.39 is 0 Å². The molecule has 0 fully saturated rings. The van der Waals surface area contributed by atoms with Crippen LogP contribution in [-0.2, 0) is 12.8 Å². The Morgan fingerprint density at radius 1 is 1.54 bits per heavy atom. The van der Waals surface area contributed by atoms with Crippen LogP contribution < -0.4 is 5.32 Å². The summed E-state index contributed by atoms with van der Waals surface area (Å²) < 4.78 is 0. The number of thiazole rings is 1. The summed E-state index contributed by atoms with van der Waals surface area (Å²) >= 11 is 1.83. The molecule has 0 bridgehead atoms. The van der Waals surface area contributed by atoms with E-state index in [0.717, 1.165) is 11.0 Å². The van der Waals surface area contributed by atoms with Gasteiger partial charge in [-0.15, -0.1) is 11.3 Å². The maximum atomic E-state index is 4.57. The van der Waals surface area contributed by atoms with Crippen molar-refractivity contribution >= 4 is 16.5 Å². The van der Waals surface area contributed by atoms with Crippen molar-refractivity contribution in [3.63, 3.8) is 0 Å². The van der Waals surface area contributed by atoms with E-state index in [1.165, 1.54) is 36.3 Å². The van der Waals surface area contributed by atoms with E-state index in [0.29, 0.717) is 0 Å². The maximum Gasteiger partial charge on any atom is 0.182 e. The fraction of sp³-hybridized carbons (Fsp3) is 0.700. The summed E-state index contributed by atoms with van der Waals surface area (Å²) in [5.41, 5.74) is 1.35. The van der Waals surface area contributed by atoms with Gasteiger partial charge in [0.05, 0.1) is 5.69 Å². The number of hydrogen-bond acceptors (Lipinski definition) is 3. The van der Waals surface area contributed by atoms with E-state index in [9.17, 15) is 0 Å². The van der Waals surface area contributed by atoms with E-state index in [-0.39, 0.29) is 0 Å². The van der Waals surface area contributed by atoms with Crippen LogP contribution in [-0.4, -0.2) is 12.0 Å². The first-order valence-electron chi connectivity index (χ1n) is 4.96. The third kappa shape index (κ3) is 1.85. The summed E-state index contributed by atoms with van der Waals surface area (Å²) in [5.74, 6) is 0.839. The third-order valence-electron chi connectivity index (χ3n) is 2.64. The fourth-order valence-electron chi connectivity index (χ4n) is 1.88. The minimum absolute atomic E-state index is 0.839. The SMILES string of the molecule is CNc1nc2c(s1)CC(C)CCC2. The lowest BCUT2D eigenvalue weighted by atomic mass is 10.0. The summed E-state index contributed by atoms with van der Waals surface area (Å²) in [7, 11) is 1.95. The Hall–Kier alpha value is -0.570. The lowest BCUT2D eigenvalue weighted by molar-refractivity contribution is 0.528. The van der Waals surface area contributed by atoms with Crippen molar-refractivity contribution in [3.8, 4) is 0 Å². The Morgan fingerprint density at radius 3 is 3.15 bits per heavy atom. The molecule has 1 unspecified atom stereocenters. The molecule has 0 amide bonds. The Bertz CT molecular complexity index is 293. The predicted octanol–water partition coefficient (Wildman–Crippen LogP) is 2.70. The van der Waals surface area contributed by atoms with Crippen molar-refractivity contribution in [2.24, 2.45) is 5.92 Å². The lowest BCUT2D eigenvalue weighted by Crippen LogP contribution is -1.94. The molecule has 1 aliphatic rings. The molecule has 1 aliphatic carbocycles. The second-order valence-corrected chi connectivity index (χ2v) is 4.92. The molecule has 0 radical (unpaired) electrons. The molecule has 72 valence electrons. The van der Waals surface area contributed by atoms with Crippen molar-refractivity contribution in [1.29, 1.82) is 0 Å². The highest BCUT2D eigenvalue weighted by molar-refractivity contribution is 7.15. The Kier molecular flexibility index (Phi) is 2.54. The topological polar surface area (TPSA) is 24.9 Å². The molecule has 0 spiro atoms. The van der Waals surface area contributed by atoms with E-state index in [1.807, 2.05) is 18.4 Å².